The van der Waals surface area contributed by atoms with Crippen LogP contribution in [-0.2, 0) is 4.79 Å². The van der Waals surface area contributed by atoms with Gasteiger partial charge in [0.1, 0.15) is 18.2 Å². The van der Waals surface area contributed by atoms with Crippen LogP contribution in [0.3, 0.4) is 0 Å². The molecule has 1 amide bonds. The van der Waals surface area contributed by atoms with Gasteiger partial charge in [0, 0.05) is 19.0 Å². The van der Waals surface area contributed by atoms with E-state index >= 15 is 0 Å². The molecular weight excluding hydrogens is 331 g/mol. The molecule has 0 bridgehead atoms. The van der Waals surface area contributed by atoms with Crippen molar-refractivity contribution < 1.29 is 13.9 Å². The normalized spacial score (nSPS) is 12.0. The smallest absolute Gasteiger partial charge is 0.234 e. The summed E-state index contributed by atoms with van der Waals surface area (Å²) in [4.78, 5) is 14.0. The van der Waals surface area contributed by atoms with E-state index in [1.165, 1.54) is 17.7 Å². The first-order valence-corrected chi connectivity index (χ1v) is 8.97. The van der Waals surface area contributed by atoms with Crippen molar-refractivity contribution in [3.8, 4) is 5.75 Å². The maximum atomic E-state index is 12.8. The van der Waals surface area contributed by atoms with Gasteiger partial charge in [-0.2, -0.15) is 0 Å². The van der Waals surface area contributed by atoms with E-state index in [4.69, 9.17) is 4.74 Å². The van der Waals surface area contributed by atoms with Crippen LogP contribution in [0.25, 0.3) is 0 Å². The van der Waals surface area contributed by atoms with Crippen molar-refractivity contribution in [3.63, 3.8) is 0 Å². The summed E-state index contributed by atoms with van der Waals surface area (Å²) < 4.78 is 18.4. The molecule has 5 heteroatoms. The van der Waals surface area contributed by atoms with E-state index in [1.54, 1.807) is 12.1 Å². The van der Waals surface area contributed by atoms with E-state index in [0.717, 1.165) is 6.42 Å². The van der Waals surface area contributed by atoms with Crippen LogP contribution in [0.15, 0.2) is 54.6 Å². The van der Waals surface area contributed by atoms with Gasteiger partial charge in [-0.1, -0.05) is 37.3 Å². The molecule has 1 unspecified atom stereocenters. The lowest BCUT2D eigenvalue weighted by molar-refractivity contribution is -0.122. The van der Waals surface area contributed by atoms with Crippen LogP contribution in [-0.4, -0.2) is 44.1 Å². The average molecular weight is 358 g/mol. The zero-order chi connectivity index (χ0) is 18.8. The minimum absolute atomic E-state index is 0.00339. The van der Waals surface area contributed by atoms with Gasteiger partial charge in [-0.25, -0.2) is 4.39 Å². The lowest BCUT2D eigenvalue weighted by Gasteiger charge is -2.19. The maximum Gasteiger partial charge on any atom is 0.234 e. The lowest BCUT2D eigenvalue weighted by atomic mass is 9.96. The van der Waals surface area contributed by atoms with Crippen molar-refractivity contribution >= 4 is 5.91 Å². The highest BCUT2D eigenvalue weighted by Crippen LogP contribution is 2.17. The molecule has 140 valence electrons. The molecule has 1 atom stereocenters. The highest BCUT2D eigenvalue weighted by molar-refractivity contribution is 5.78. The van der Waals surface area contributed by atoms with E-state index in [-0.39, 0.29) is 11.7 Å². The van der Waals surface area contributed by atoms with Crippen LogP contribution in [0.2, 0.25) is 0 Å². The molecule has 0 aliphatic carbocycles. The summed E-state index contributed by atoms with van der Waals surface area (Å²) in [6, 6.07) is 16.2. The fraction of sp³-hybridized carbons (Fsp3) is 0.381. The van der Waals surface area contributed by atoms with Gasteiger partial charge < -0.3 is 10.1 Å². The molecule has 2 rings (SSSR count). The first kappa shape index (κ1) is 19.9. The highest BCUT2D eigenvalue weighted by atomic mass is 19.1. The van der Waals surface area contributed by atoms with Gasteiger partial charge >= 0.3 is 0 Å². The summed E-state index contributed by atoms with van der Waals surface area (Å²) in [6.45, 7) is 4.14. The standard InChI is InChI=1S/C21H27FN2O2/c1-3-17(18-7-5-4-6-8-18)15-23-21(25)16-24(2)13-14-26-20-11-9-19(22)10-12-20/h4-12,17H,3,13-16H2,1-2H3,(H,23,25). The molecule has 0 heterocycles. The second-order valence-electron chi connectivity index (χ2n) is 6.36. The van der Waals surface area contributed by atoms with Crippen LogP contribution < -0.4 is 10.1 Å². The molecule has 26 heavy (non-hydrogen) atoms. The van der Waals surface area contributed by atoms with Gasteiger partial charge in [-0.05, 0) is 43.3 Å². The molecule has 0 radical (unpaired) electrons. The molecule has 0 spiro atoms. The first-order valence-electron chi connectivity index (χ1n) is 8.97. The van der Waals surface area contributed by atoms with Gasteiger partial charge in [0.25, 0.3) is 0 Å². The third-order valence-electron chi connectivity index (χ3n) is 4.28. The van der Waals surface area contributed by atoms with Crippen molar-refractivity contribution in [2.45, 2.75) is 19.3 Å². The number of amides is 1. The van der Waals surface area contributed by atoms with Gasteiger partial charge in [-0.3, -0.25) is 9.69 Å². The number of carbonyl (C=O) groups excluding carboxylic acids is 1. The summed E-state index contributed by atoms with van der Waals surface area (Å²) >= 11 is 0. The Hall–Kier alpha value is -2.40. The highest BCUT2D eigenvalue weighted by Gasteiger charge is 2.12. The zero-order valence-electron chi connectivity index (χ0n) is 15.5. The predicted molar refractivity (Wildman–Crippen MR) is 102 cm³/mol. The number of halogens is 1. The minimum atomic E-state index is -0.285. The topological polar surface area (TPSA) is 41.6 Å². The van der Waals surface area contributed by atoms with Crippen LogP contribution >= 0.6 is 0 Å². The van der Waals surface area contributed by atoms with E-state index < -0.39 is 0 Å². The van der Waals surface area contributed by atoms with Gasteiger partial charge in [0.05, 0.1) is 6.54 Å². The predicted octanol–water partition coefficient (Wildman–Crippen LogP) is 3.45. The molecule has 0 aliphatic rings. The average Bonchev–Trinajstić information content (AvgIpc) is 2.65. The Morgan fingerprint density at radius 2 is 1.85 bits per heavy atom. The van der Waals surface area contributed by atoms with E-state index in [9.17, 15) is 9.18 Å². The molecule has 0 saturated heterocycles. The second kappa shape index (κ2) is 10.6. The van der Waals surface area contributed by atoms with Crippen LogP contribution in [0.5, 0.6) is 5.75 Å². The van der Waals surface area contributed by atoms with Gasteiger partial charge in [0.15, 0.2) is 0 Å². The summed E-state index contributed by atoms with van der Waals surface area (Å²) in [5.41, 5.74) is 1.25. The van der Waals surface area contributed by atoms with E-state index in [1.807, 2.05) is 30.1 Å². The fourth-order valence-corrected chi connectivity index (χ4v) is 2.69. The summed E-state index contributed by atoms with van der Waals surface area (Å²) in [7, 11) is 1.88. The monoisotopic (exact) mass is 358 g/mol. The van der Waals surface area contributed by atoms with Crippen molar-refractivity contribution in [1.29, 1.82) is 0 Å². The van der Waals surface area contributed by atoms with E-state index in [2.05, 4.69) is 24.4 Å². The Labute approximate surface area is 155 Å². The van der Waals surface area contributed by atoms with Crippen LogP contribution in [0, 0.1) is 5.82 Å². The van der Waals surface area contributed by atoms with Crippen molar-refractivity contribution in [3.05, 3.63) is 66.0 Å². The largest absolute Gasteiger partial charge is 0.492 e. The van der Waals surface area contributed by atoms with Gasteiger partial charge in [-0.15, -0.1) is 0 Å². The number of likely N-dealkylation sites (N-methyl/N-ethyl adjacent to an activating group) is 1. The summed E-state index contributed by atoms with van der Waals surface area (Å²) in [6.07, 6.45) is 0.978. The second-order valence-corrected chi connectivity index (χ2v) is 6.36. The number of rotatable bonds is 10. The number of carbonyl (C=O) groups is 1. The number of ether oxygens (including phenoxy) is 1. The molecule has 0 aromatic heterocycles. The molecular formula is C21H27FN2O2. The third kappa shape index (κ3) is 6.84. The lowest BCUT2D eigenvalue weighted by Crippen LogP contribution is -2.38. The molecule has 2 aromatic carbocycles. The summed E-state index contributed by atoms with van der Waals surface area (Å²) in [5.74, 6) is 0.667. The Morgan fingerprint density at radius 3 is 2.50 bits per heavy atom. The molecule has 0 aliphatic heterocycles. The Morgan fingerprint density at radius 1 is 1.15 bits per heavy atom. The number of hydrogen-bond donors (Lipinski definition) is 1. The van der Waals surface area contributed by atoms with Crippen LogP contribution in [0.1, 0.15) is 24.8 Å². The molecule has 1 N–H and O–H groups in total. The molecule has 0 fully saturated rings. The van der Waals surface area contributed by atoms with Gasteiger partial charge in [0.2, 0.25) is 5.91 Å². The maximum absolute atomic E-state index is 12.8. The number of nitrogens with zero attached hydrogens (tertiary/aromatic N) is 1. The number of nitrogens with one attached hydrogen (secondary N) is 1. The third-order valence-corrected chi connectivity index (χ3v) is 4.28. The zero-order valence-corrected chi connectivity index (χ0v) is 15.5. The Balaban J connectivity index is 1.67. The van der Waals surface area contributed by atoms with Crippen molar-refractivity contribution in [2.75, 3.05) is 33.3 Å². The molecule has 0 saturated carbocycles. The van der Waals surface area contributed by atoms with Crippen molar-refractivity contribution in [2.24, 2.45) is 0 Å². The number of benzene rings is 2. The minimum Gasteiger partial charge on any atom is -0.492 e. The SMILES string of the molecule is CCC(CNC(=O)CN(C)CCOc1ccc(F)cc1)c1ccccc1. The molecule has 4 nitrogen and oxygen atoms in total. The Kier molecular flexibility index (Phi) is 8.09. The van der Waals surface area contributed by atoms with Crippen LogP contribution in [0.4, 0.5) is 4.39 Å². The number of hydrogen-bond acceptors (Lipinski definition) is 3. The summed E-state index contributed by atoms with van der Waals surface area (Å²) in [5, 5.41) is 3.01. The fourth-order valence-electron chi connectivity index (χ4n) is 2.69. The molecule has 2 aromatic rings. The quantitative estimate of drug-likeness (QED) is 0.707. The Bertz CT molecular complexity index is 661. The van der Waals surface area contributed by atoms with E-state index in [0.29, 0.717) is 37.9 Å². The first-order chi connectivity index (χ1) is 12.6. The van der Waals surface area contributed by atoms with Crippen molar-refractivity contribution in [1.82, 2.24) is 10.2 Å².